The fraction of sp³-hybridized carbons (Fsp3) is 0.100. The van der Waals surface area contributed by atoms with Gasteiger partial charge >= 0.3 is 0 Å². The number of amides is 1. The highest BCUT2D eigenvalue weighted by Crippen LogP contribution is 2.25. The Hall–Kier alpha value is -2.92. The van der Waals surface area contributed by atoms with E-state index in [1.807, 2.05) is 46.3 Å². The first kappa shape index (κ1) is 15.6. The molecule has 4 rings (SSSR count). The number of benzene rings is 2. The fourth-order valence-electron chi connectivity index (χ4n) is 2.74. The fourth-order valence-corrected chi connectivity index (χ4v) is 3.59. The minimum atomic E-state index is -0.0506. The quantitative estimate of drug-likeness (QED) is 0.541. The van der Waals surface area contributed by atoms with Crippen LogP contribution < -0.4 is 4.90 Å². The second kappa shape index (κ2) is 6.18. The van der Waals surface area contributed by atoms with Crippen LogP contribution in [-0.4, -0.2) is 22.3 Å². The van der Waals surface area contributed by atoms with E-state index in [1.165, 1.54) is 16.9 Å². The highest BCUT2D eigenvalue weighted by molar-refractivity contribution is 7.15. The van der Waals surface area contributed by atoms with E-state index in [-0.39, 0.29) is 5.91 Å². The average molecular weight is 347 g/mol. The molecule has 25 heavy (non-hydrogen) atoms. The first-order valence-electron chi connectivity index (χ1n) is 8.00. The van der Waals surface area contributed by atoms with Crippen LogP contribution in [0.25, 0.3) is 16.2 Å². The van der Waals surface area contributed by atoms with Crippen LogP contribution in [0.3, 0.4) is 0 Å². The molecule has 0 saturated heterocycles. The van der Waals surface area contributed by atoms with Gasteiger partial charge in [-0.1, -0.05) is 48.0 Å². The van der Waals surface area contributed by atoms with Crippen LogP contribution in [0, 0.1) is 6.92 Å². The Morgan fingerprint density at radius 3 is 2.52 bits per heavy atom. The summed E-state index contributed by atoms with van der Waals surface area (Å²) in [6, 6.07) is 17.9. The molecule has 0 aliphatic rings. The highest BCUT2D eigenvalue weighted by Gasteiger charge is 2.19. The molecule has 0 saturated carbocycles. The van der Waals surface area contributed by atoms with Gasteiger partial charge in [-0.05, 0) is 19.1 Å². The zero-order chi connectivity index (χ0) is 17.4. The van der Waals surface area contributed by atoms with Gasteiger partial charge in [-0.2, -0.15) is 0 Å². The SMILES string of the molecule is Cc1ccc(-c2cn3c(C(=O)N(C)c4ccccc4)csc3n2)cc1. The number of anilines is 1. The smallest absolute Gasteiger partial charge is 0.275 e. The van der Waals surface area contributed by atoms with Gasteiger partial charge < -0.3 is 4.90 Å². The Labute approximate surface area is 150 Å². The molecule has 1 amide bonds. The van der Waals surface area contributed by atoms with Gasteiger partial charge in [0, 0.05) is 29.9 Å². The Morgan fingerprint density at radius 1 is 1.08 bits per heavy atom. The number of carbonyl (C=O) groups excluding carboxylic acids is 1. The van der Waals surface area contributed by atoms with Crippen LogP contribution in [0.15, 0.2) is 66.2 Å². The van der Waals surface area contributed by atoms with Crippen molar-refractivity contribution in [3.8, 4) is 11.3 Å². The number of aromatic nitrogens is 2. The predicted molar refractivity (Wildman–Crippen MR) is 102 cm³/mol. The third kappa shape index (κ3) is 2.83. The minimum Gasteiger partial charge on any atom is -0.310 e. The van der Waals surface area contributed by atoms with E-state index < -0.39 is 0 Å². The van der Waals surface area contributed by atoms with E-state index in [1.54, 1.807) is 11.9 Å². The van der Waals surface area contributed by atoms with Crippen molar-refractivity contribution in [2.75, 3.05) is 11.9 Å². The van der Waals surface area contributed by atoms with Gasteiger partial charge in [0.25, 0.3) is 5.91 Å². The number of nitrogens with zero attached hydrogens (tertiary/aromatic N) is 3. The molecular formula is C20H17N3OS. The standard InChI is InChI=1S/C20H17N3OS/c1-14-8-10-15(11-9-14)17-12-23-18(13-25-20(23)21-17)19(24)22(2)16-6-4-3-5-7-16/h3-13H,1-2H3. The highest BCUT2D eigenvalue weighted by atomic mass is 32.1. The van der Waals surface area contributed by atoms with E-state index >= 15 is 0 Å². The molecule has 5 heteroatoms. The number of hydrogen-bond donors (Lipinski definition) is 0. The van der Waals surface area contributed by atoms with Gasteiger partial charge in [-0.25, -0.2) is 4.98 Å². The molecule has 0 fully saturated rings. The predicted octanol–water partition coefficient (Wildman–Crippen LogP) is 4.65. The Kier molecular flexibility index (Phi) is 3.86. The zero-order valence-electron chi connectivity index (χ0n) is 14.0. The summed E-state index contributed by atoms with van der Waals surface area (Å²) in [5.41, 5.74) is 4.63. The van der Waals surface area contributed by atoms with Gasteiger partial charge in [-0.15, -0.1) is 11.3 Å². The maximum Gasteiger partial charge on any atom is 0.275 e. The number of imidazole rings is 1. The summed E-state index contributed by atoms with van der Waals surface area (Å²) in [6.07, 6.45) is 1.93. The third-order valence-electron chi connectivity index (χ3n) is 4.22. The number of fused-ring (bicyclic) bond motifs is 1. The van der Waals surface area contributed by atoms with Crippen molar-refractivity contribution in [1.82, 2.24) is 9.38 Å². The van der Waals surface area contributed by atoms with E-state index in [9.17, 15) is 4.79 Å². The lowest BCUT2D eigenvalue weighted by molar-refractivity contribution is 0.0987. The number of hydrogen-bond acceptors (Lipinski definition) is 3. The van der Waals surface area contributed by atoms with Crippen molar-refractivity contribution in [3.05, 3.63) is 77.4 Å². The summed E-state index contributed by atoms with van der Waals surface area (Å²) in [5.74, 6) is -0.0506. The van der Waals surface area contributed by atoms with Crippen LogP contribution in [-0.2, 0) is 0 Å². The van der Waals surface area contributed by atoms with E-state index in [0.29, 0.717) is 5.69 Å². The lowest BCUT2D eigenvalue weighted by Crippen LogP contribution is -2.27. The van der Waals surface area contributed by atoms with Gasteiger partial charge in [-0.3, -0.25) is 9.20 Å². The van der Waals surface area contributed by atoms with E-state index in [2.05, 4.69) is 36.2 Å². The molecule has 0 bridgehead atoms. The number of aryl methyl sites for hydroxylation is 1. The van der Waals surface area contributed by atoms with Gasteiger partial charge in [0.1, 0.15) is 5.69 Å². The Balaban J connectivity index is 1.71. The molecular weight excluding hydrogens is 330 g/mol. The molecule has 0 aliphatic carbocycles. The number of thiazole rings is 1. The number of carbonyl (C=O) groups is 1. The lowest BCUT2D eigenvalue weighted by Gasteiger charge is -2.16. The van der Waals surface area contributed by atoms with E-state index in [0.717, 1.165) is 21.9 Å². The topological polar surface area (TPSA) is 37.6 Å². The van der Waals surface area contributed by atoms with Crippen LogP contribution in [0.5, 0.6) is 0 Å². The first-order chi connectivity index (χ1) is 12.1. The molecule has 0 radical (unpaired) electrons. The zero-order valence-corrected chi connectivity index (χ0v) is 14.8. The summed E-state index contributed by atoms with van der Waals surface area (Å²) in [5, 5.41) is 1.86. The van der Waals surface area contributed by atoms with Crippen LogP contribution in [0.4, 0.5) is 5.69 Å². The van der Waals surface area contributed by atoms with Crippen LogP contribution in [0.2, 0.25) is 0 Å². The van der Waals surface area contributed by atoms with Crippen molar-refractivity contribution in [3.63, 3.8) is 0 Å². The molecule has 0 spiro atoms. The van der Waals surface area contributed by atoms with Gasteiger partial charge in [0.15, 0.2) is 4.96 Å². The molecule has 2 aromatic heterocycles. The molecule has 2 heterocycles. The molecule has 2 aromatic carbocycles. The Bertz CT molecular complexity index is 1030. The molecule has 4 nitrogen and oxygen atoms in total. The summed E-state index contributed by atoms with van der Waals surface area (Å²) < 4.78 is 1.88. The molecule has 0 N–H and O–H groups in total. The average Bonchev–Trinajstić information content (AvgIpc) is 3.22. The summed E-state index contributed by atoms with van der Waals surface area (Å²) in [4.78, 5) is 20.0. The second-order valence-corrected chi connectivity index (χ2v) is 6.80. The minimum absolute atomic E-state index is 0.0506. The van der Waals surface area contributed by atoms with Crippen molar-refractivity contribution < 1.29 is 4.79 Å². The maximum atomic E-state index is 12.9. The van der Waals surface area contributed by atoms with Crippen LogP contribution in [0.1, 0.15) is 16.1 Å². The number of para-hydroxylation sites is 1. The third-order valence-corrected chi connectivity index (χ3v) is 5.06. The molecule has 0 aliphatic heterocycles. The first-order valence-corrected chi connectivity index (χ1v) is 8.88. The molecule has 4 aromatic rings. The van der Waals surface area contributed by atoms with Crippen molar-refractivity contribution in [2.45, 2.75) is 6.92 Å². The maximum absolute atomic E-state index is 12.9. The molecule has 0 atom stereocenters. The molecule has 124 valence electrons. The van der Waals surface area contributed by atoms with Crippen molar-refractivity contribution in [2.24, 2.45) is 0 Å². The van der Waals surface area contributed by atoms with Gasteiger partial charge in [0.2, 0.25) is 0 Å². The van der Waals surface area contributed by atoms with Crippen molar-refractivity contribution >= 4 is 27.9 Å². The Morgan fingerprint density at radius 2 is 1.80 bits per heavy atom. The second-order valence-electron chi connectivity index (χ2n) is 5.97. The summed E-state index contributed by atoms with van der Waals surface area (Å²) >= 11 is 1.48. The normalized spacial score (nSPS) is 11.0. The van der Waals surface area contributed by atoms with Crippen LogP contribution >= 0.6 is 11.3 Å². The monoisotopic (exact) mass is 347 g/mol. The van der Waals surface area contributed by atoms with Crippen molar-refractivity contribution in [1.29, 1.82) is 0 Å². The van der Waals surface area contributed by atoms with E-state index in [4.69, 9.17) is 0 Å². The largest absolute Gasteiger partial charge is 0.310 e. The number of rotatable bonds is 3. The summed E-state index contributed by atoms with van der Waals surface area (Å²) in [6.45, 7) is 2.06. The molecule has 0 unspecified atom stereocenters. The lowest BCUT2D eigenvalue weighted by atomic mass is 10.1. The summed E-state index contributed by atoms with van der Waals surface area (Å²) in [7, 11) is 1.79. The van der Waals surface area contributed by atoms with Gasteiger partial charge in [0.05, 0.1) is 5.69 Å².